The number of nitrogens with zero attached hydrogens (tertiary/aromatic N) is 1. The van der Waals surface area contributed by atoms with E-state index < -0.39 is 15.8 Å². The Labute approximate surface area is 165 Å². The van der Waals surface area contributed by atoms with Gasteiger partial charge in [0.15, 0.2) is 0 Å². The largest absolute Gasteiger partial charge is 0.352 e. The molecule has 2 heterocycles. The van der Waals surface area contributed by atoms with Crippen LogP contribution >= 0.6 is 12.4 Å². The van der Waals surface area contributed by atoms with E-state index in [0.29, 0.717) is 19.4 Å². The SMILES string of the molecule is Cl.O=C(NCC1=CCNCC1)C1CCN(S(=O)(=O)c2ccccc2F)CC1. The Bertz CT molecular complexity index is 793. The van der Waals surface area contributed by atoms with Crippen molar-refractivity contribution in [3.63, 3.8) is 0 Å². The van der Waals surface area contributed by atoms with Gasteiger partial charge in [-0.3, -0.25) is 4.79 Å². The highest BCUT2D eigenvalue weighted by Gasteiger charge is 2.33. The van der Waals surface area contributed by atoms with E-state index in [1.165, 1.54) is 28.1 Å². The number of sulfonamides is 1. The van der Waals surface area contributed by atoms with Crippen molar-refractivity contribution in [3.8, 4) is 0 Å². The van der Waals surface area contributed by atoms with Gasteiger partial charge in [-0.25, -0.2) is 12.8 Å². The summed E-state index contributed by atoms with van der Waals surface area (Å²) in [6.07, 6.45) is 3.91. The van der Waals surface area contributed by atoms with Gasteiger partial charge in [0.05, 0.1) is 0 Å². The lowest BCUT2D eigenvalue weighted by Gasteiger charge is -2.30. The number of amides is 1. The van der Waals surface area contributed by atoms with Gasteiger partial charge in [0.2, 0.25) is 15.9 Å². The van der Waals surface area contributed by atoms with E-state index >= 15 is 0 Å². The molecule has 0 unspecified atom stereocenters. The molecule has 3 rings (SSSR count). The molecule has 1 aromatic rings. The number of piperidine rings is 1. The lowest BCUT2D eigenvalue weighted by Crippen LogP contribution is -2.43. The topological polar surface area (TPSA) is 78.5 Å². The molecule has 9 heteroatoms. The van der Waals surface area contributed by atoms with E-state index in [1.54, 1.807) is 0 Å². The van der Waals surface area contributed by atoms with Crippen molar-refractivity contribution in [2.24, 2.45) is 5.92 Å². The van der Waals surface area contributed by atoms with Crippen molar-refractivity contribution in [2.45, 2.75) is 24.2 Å². The van der Waals surface area contributed by atoms with E-state index in [4.69, 9.17) is 0 Å². The third-order valence-electron chi connectivity index (χ3n) is 4.93. The van der Waals surface area contributed by atoms with Gasteiger partial charge in [-0.15, -0.1) is 12.4 Å². The first-order valence-corrected chi connectivity index (χ1v) is 10.3. The zero-order valence-electron chi connectivity index (χ0n) is 15.0. The van der Waals surface area contributed by atoms with E-state index in [9.17, 15) is 17.6 Å². The molecule has 0 saturated carbocycles. The van der Waals surface area contributed by atoms with Crippen LogP contribution in [0, 0.1) is 11.7 Å². The fourth-order valence-electron chi connectivity index (χ4n) is 3.33. The Morgan fingerprint density at radius 2 is 1.96 bits per heavy atom. The Morgan fingerprint density at radius 3 is 2.59 bits per heavy atom. The van der Waals surface area contributed by atoms with Crippen molar-refractivity contribution in [1.82, 2.24) is 14.9 Å². The molecular weight excluding hydrogens is 393 g/mol. The number of nitrogens with one attached hydrogen (secondary N) is 2. The number of rotatable bonds is 5. The quantitative estimate of drug-likeness (QED) is 0.714. The third kappa shape index (κ3) is 5.28. The van der Waals surface area contributed by atoms with Gasteiger partial charge in [-0.2, -0.15) is 4.31 Å². The van der Waals surface area contributed by atoms with Gasteiger partial charge >= 0.3 is 0 Å². The summed E-state index contributed by atoms with van der Waals surface area (Å²) in [6.45, 7) is 2.75. The highest BCUT2D eigenvalue weighted by Crippen LogP contribution is 2.25. The Morgan fingerprint density at radius 1 is 1.26 bits per heavy atom. The first-order valence-electron chi connectivity index (χ1n) is 8.89. The zero-order valence-corrected chi connectivity index (χ0v) is 16.6. The molecular formula is C18H25ClFN3O3S. The maximum Gasteiger partial charge on any atom is 0.245 e. The number of hydrogen-bond acceptors (Lipinski definition) is 4. The smallest absolute Gasteiger partial charge is 0.245 e. The molecule has 2 aliphatic rings. The van der Waals surface area contributed by atoms with Crippen molar-refractivity contribution >= 4 is 28.3 Å². The number of halogens is 2. The molecule has 27 heavy (non-hydrogen) atoms. The van der Waals surface area contributed by atoms with Crippen LogP contribution < -0.4 is 10.6 Å². The maximum absolute atomic E-state index is 13.8. The van der Waals surface area contributed by atoms with Crippen LogP contribution in [0.5, 0.6) is 0 Å². The van der Waals surface area contributed by atoms with E-state index in [0.717, 1.165) is 25.6 Å². The second-order valence-electron chi connectivity index (χ2n) is 6.64. The average Bonchev–Trinajstić information content (AvgIpc) is 2.67. The molecule has 0 radical (unpaired) electrons. The fraction of sp³-hybridized carbons (Fsp3) is 0.500. The van der Waals surface area contributed by atoms with E-state index in [1.807, 2.05) is 0 Å². The minimum absolute atomic E-state index is 0. The maximum atomic E-state index is 13.8. The van der Waals surface area contributed by atoms with E-state index in [-0.39, 0.29) is 42.2 Å². The molecule has 6 nitrogen and oxygen atoms in total. The first kappa shape index (κ1) is 21.8. The molecule has 1 fully saturated rings. The van der Waals surface area contributed by atoms with Crippen LogP contribution in [0.1, 0.15) is 19.3 Å². The van der Waals surface area contributed by atoms with Gasteiger partial charge in [-0.1, -0.05) is 23.8 Å². The first-order chi connectivity index (χ1) is 12.5. The van der Waals surface area contributed by atoms with Crippen LogP contribution in [0.25, 0.3) is 0 Å². The molecule has 1 amide bonds. The lowest BCUT2D eigenvalue weighted by atomic mass is 9.97. The van der Waals surface area contributed by atoms with Crippen LogP contribution in [0.4, 0.5) is 4.39 Å². The van der Waals surface area contributed by atoms with Crippen molar-refractivity contribution < 1.29 is 17.6 Å². The van der Waals surface area contributed by atoms with Gasteiger partial charge in [0.25, 0.3) is 0 Å². The van der Waals surface area contributed by atoms with Crippen molar-refractivity contribution in [3.05, 3.63) is 41.7 Å². The summed E-state index contributed by atoms with van der Waals surface area (Å²) in [4.78, 5) is 12.0. The van der Waals surface area contributed by atoms with Gasteiger partial charge < -0.3 is 10.6 Å². The predicted molar refractivity (Wildman–Crippen MR) is 104 cm³/mol. The summed E-state index contributed by atoms with van der Waals surface area (Å²) in [6, 6.07) is 5.38. The summed E-state index contributed by atoms with van der Waals surface area (Å²) in [5, 5.41) is 6.18. The Balaban J connectivity index is 0.00000261. The van der Waals surface area contributed by atoms with Crippen LogP contribution in [0.2, 0.25) is 0 Å². The average molecular weight is 418 g/mol. The minimum Gasteiger partial charge on any atom is -0.352 e. The third-order valence-corrected chi connectivity index (χ3v) is 6.86. The van der Waals surface area contributed by atoms with Crippen LogP contribution in [0.3, 0.4) is 0 Å². The van der Waals surface area contributed by atoms with Gasteiger partial charge in [0.1, 0.15) is 10.7 Å². The normalized spacial score (nSPS) is 19.1. The molecule has 0 atom stereocenters. The molecule has 1 aromatic carbocycles. The zero-order chi connectivity index (χ0) is 18.6. The van der Waals surface area contributed by atoms with E-state index in [2.05, 4.69) is 16.7 Å². The summed E-state index contributed by atoms with van der Waals surface area (Å²) in [5.41, 5.74) is 1.22. The molecule has 0 aromatic heterocycles. The van der Waals surface area contributed by atoms with Crippen molar-refractivity contribution in [2.75, 3.05) is 32.7 Å². The molecule has 2 aliphatic heterocycles. The van der Waals surface area contributed by atoms with Crippen molar-refractivity contribution in [1.29, 1.82) is 0 Å². The number of hydrogen-bond donors (Lipinski definition) is 2. The van der Waals surface area contributed by atoms with Gasteiger partial charge in [-0.05, 0) is 37.9 Å². The Kier molecular flexibility index (Phi) is 7.79. The summed E-state index contributed by atoms with van der Waals surface area (Å²) in [7, 11) is -3.86. The number of carbonyl (C=O) groups is 1. The summed E-state index contributed by atoms with van der Waals surface area (Å²) in [5.74, 6) is -0.987. The lowest BCUT2D eigenvalue weighted by molar-refractivity contribution is -0.125. The molecule has 150 valence electrons. The molecule has 2 N–H and O–H groups in total. The summed E-state index contributed by atoms with van der Waals surface area (Å²) >= 11 is 0. The molecule has 0 bridgehead atoms. The van der Waals surface area contributed by atoms with Crippen LogP contribution in [-0.2, 0) is 14.8 Å². The standard InChI is InChI=1S/C18H24FN3O3S.ClH/c19-16-3-1-2-4-17(16)26(24,25)22-11-7-15(8-12-22)18(23)21-13-14-5-9-20-10-6-14;/h1-5,15,20H,6-13H2,(H,21,23);1H. The Hall–Kier alpha value is -1.48. The molecule has 0 aliphatic carbocycles. The number of carbonyl (C=O) groups excluding carboxylic acids is 1. The van der Waals surface area contributed by atoms with Crippen LogP contribution in [0.15, 0.2) is 40.8 Å². The summed E-state index contributed by atoms with van der Waals surface area (Å²) < 4.78 is 40.3. The van der Waals surface area contributed by atoms with Gasteiger partial charge in [0, 0.05) is 32.1 Å². The minimum atomic E-state index is -3.86. The van der Waals surface area contributed by atoms with Crippen LogP contribution in [-0.4, -0.2) is 51.4 Å². The predicted octanol–water partition coefficient (Wildman–Crippen LogP) is 1.68. The highest BCUT2D eigenvalue weighted by molar-refractivity contribution is 7.89. The molecule has 0 spiro atoms. The second-order valence-corrected chi connectivity index (χ2v) is 8.55. The fourth-order valence-corrected chi connectivity index (χ4v) is 4.86. The highest BCUT2D eigenvalue weighted by atomic mass is 35.5. The second kappa shape index (κ2) is 9.64. The molecule has 1 saturated heterocycles. The monoisotopic (exact) mass is 417 g/mol. The number of benzene rings is 1.